The van der Waals surface area contributed by atoms with E-state index < -0.39 is 28.7 Å². The second-order valence-electron chi connectivity index (χ2n) is 11.8. The molecule has 4 fully saturated rings. The van der Waals surface area contributed by atoms with E-state index in [1.807, 2.05) is 51.1 Å². The number of carbonyl (C=O) groups is 3. The summed E-state index contributed by atoms with van der Waals surface area (Å²) in [6.07, 6.45) is 5.03. The highest BCUT2D eigenvalue weighted by atomic mass is 16.6. The third kappa shape index (κ3) is 4.93. The predicted molar refractivity (Wildman–Crippen MR) is 128 cm³/mol. The molecular weight excluding hydrogens is 432 g/mol. The molecule has 1 aromatic rings. The normalized spacial score (nSPS) is 30.4. The van der Waals surface area contributed by atoms with E-state index in [1.165, 1.54) is 12.0 Å². The monoisotopic (exact) mass is 470 g/mol. The molecule has 5 rings (SSSR count). The summed E-state index contributed by atoms with van der Waals surface area (Å²) in [6, 6.07) is 8.98. The number of methoxy groups -OCH3 is 1. The Labute approximate surface area is 202 Å². The van der Waals surface area contributed by atoms with E-state index in [4.69, 9.17) is 9.47 Å². The zero-order valence-corrected chi connectivity index (χ0v) is 21.1. The first kappa shape index (κ1) is 24.6. The number of benzene rings is 1. The van der Waals surface area contributed by atoms with Crippen molar-refractivity contribution in [2.45, 2.75) is 82.9 Å². The first-order valence-corrected chi connectivity index (χ1v) is 12.3. The highest BCUT2D eigenvalue weighted by molar-refractivity contribution is 5.87. The van der Waals surface area contributed by atoms with Gasteiger partial charge in [-0.1, -0.05) is 30.3 Å². The topological polar surface area (TPSA) is 84.9 Å². The largest absolute Gasteiger partial charge is 0.469 e. The molecular formula is C27H38N2O5. The van der Waals surface area contributed by atoms with E-state index in [9.17, 15) is 14.4 Å². The van der Waals surface area contributed by atoms with Crippen molar-refractivity contribution in [3.63, 3.8) is 0 Å². The Morgan fingerprint density at radius 2 is 1.71 bits per heavy atom. The Morgan fingerprint density at radius 1 is 1.09 bits per heavy atom. The molecule has 7 nitrogen and oxygen atoms in total. The number of nitrogens with one attached hydrogen (secondary N) is 1. The molecule has 7 heteroatoms. The Morgan fingerprint density at radius 3 is 2.26 bits per heavy atom. The van der Waals surface area contributed by atoms with E-state index in [-0.39, 0.29) is 11.9 Å². The van der Waals surface area contributed by atoms with Crippen molar-refractivity contribution in [3.8, 4) is 0 Å². The quantitative estimate of drug-likeness (QED) is 0.633. The number of esters is 1. The molecule has 3 atom stereocenters. The number of ether oxygens (including phenoxy) is 2. The average molecular weight is 471 g/mol. The van der Waals surface area contributed by atoms with E-state index >= 15 is 0 Å². The van der Waals surface area contributed by atoms with Crippen LogP contribution in [0.3, 0.4) is 0 Å². The van der Waals surface area contributed by atoms with Crippen LogP contribution >= 0.6 is 0 Å². The summed E-state index contributed by atoms with van der Waals surface area (Å²) in [5.41, 5.74) is -0.627. The molecule has 1 aromatic carbocycles. The third-order valence-electron chi connectivity index (χ3n) is 7.79. The summed E-state index contributed by atoms with van der Waals surface area (Å²) < 4.78 is 10.8. The van der Waals surface area contributed by atoms with Gasteiger partial charge in [-0.15, -0.1) is 0 Å². The number of amides is 2. The van der Waals surface area contributed by atoms with E-state index in [1.54, 1.807) is 7.05 Å². The summed E-state index contributed by atoms with van der Waals surface area (Å²) in [7, 11) is 3.08. The van der Waals surface area contributed by atoms with Crippen molar-refractivity contribution in [1.29, 1.82) is 0 Å². The number of hydrogen-bond acceptors (Lipinski definition) is 5. The zero-order valence-electron chi connectivity index (χ0n) is 21.1. The van der Waals surface area contributed by atoms with Crippen LogP contribution in [0.15, 0.2) is 30.3 Å². The minimum atomic E-state index is -0.723. The number of rotatable bonds is 6. The molecule has 2 unspecified atom stereocenters. The van der Waals surface area contributed by atoms with Crippen LogP contribution in [0.5, 0.6) is 0 Å². The molecule has 186 valence electrons. The molecule has 2 amide bonds. The molecule has 34 heavy (non-hydrogen) atoms. The van der Waals surface area contributed by atoms with Gasteiger partial charge < -0.3 is 14.8 Å². The summed E-state index contributed by atoms with van der Waals surface area (Å²) in [5.74, 6) is 0.486. The van der Waals surface area contributed by atoms with E-state index in [0.717, 1.165) is 37.7 Å². The first-order chi connectivity index (χ1) is 15.9. The summed E-state index contributed by atoms with van der Waals surface area (Å²) in [4.78, 5) is 40.9. The van der Waals surface area contributed by atoms with E-state index in [0.29, 0.717) is 24.7 Å². The van der Waals surface area contributed by atoms with Crippen LogP contribution in [0.2, 0.25) is 0 Å². The lowest BCUT2D eigenvalue weighted by Gasteiger charge is -2.61. The fraction of sp³-hybridized carbons (Fsp3) is 0.667. The molecule has 0 aromatic heterocycles. The van der Waals surface area contributed by atoms with Crippen molar-refractivity contribution in [2.75, 3.05) is 14.2 Å². The van der Waals surface area contributed by atoms with Crippen molar-refractivity contribution in [3.05, 3.63) is 35.9 Å². The number of nitrogens with zero attached hydrogens (tertiary/aromatic N) is 1. The van der Waals surface area contributed by atoms with Gasteiger partial charge in [-0.2, -0.15) is 0 Å². The van der Waals surface area contributed by atoms with Gasteiger partial charge in [0.1, 0.15) is 11.6 Å². The lowest BCUT2D eigenvalue weighted by molar-refractivity contribution is -0.173. The van der Waals surface area contributed by atoms with Crippen molar-refractivity contribution in [1.82, 2.24) is 10.2 Å². The Bertz CT molecular complexity index is 924. The van der Waals surface area contributed by atoms with Gasteiger partial charge in [0.15, 0.2) is 0 Å². The maximum Gasteiger partial charge on any atom is 0.410 e. The Kier molecular flexibility index (Phi) is 6.42. The molecule has 4 bridgehead atoms. The molecule has 4 aliphatic carbocycles. The molecule has 0 aliphatic heterocycles. The lowest BCUT2D eigenvalue weighted by Crippen LogP contribution is -2.66. The fourth-order valence-electron chi connectivity index (χ4n) is 6.91. The Balaban J connectivity index is 1.58. The van der Waals surface area contributed by atoms with Crippen molar-refractivity contribution in [2.24, 2.45) is 17.3 Å². The summed E-state index contributed by atoms with van der Waals surface area (Å²) in [5, 5.41) is 3.35. The third-order valence-corrected chi connectivity index (χ3v) is 7.79. The SMILES string of the molecule is COC(=O)C12CC3CC(CC(NC(=O)[C@H](Cc4ccccc4)N(C)C(=O)OC(C)(C)C)(C3)C1)C2. The second-order valence-corrected chi connectivity index (χ2v) is 11.8. The fourth-order valence-corrected chi connectivity index (χ4v) is 6.91. The highest BCUT2D eigenvalue weighted by Gasteiger charge is 2.61. The zero-order chi connectivity index (χ0) is 24.7. The number of carbonyl (C=O) groups excluding carboxylic acids is 3. The van der Waals surface area contributed by atoms with Crippen molar-refractivity contribution >= 4 is 18.0 Å². The predicted octanol–water partition coefficient (Wildman–Crippen LogP) is 4.09. The number of likely N-dealkylation sites (N-methyl/N-ethyl adjacent to an activating group) is 1. The van der Waals surface area contributed by atoms with Crippen LogP contribution in [-0.4, -0.2) is 54.2 Å². The second kappa shape index (κ2) is 8.90. The first-order valence-electron chi connectivity index (χ1n) is 12.3. The van der Waals surface area contributed by atoms with Crippen LogP contribution < -0.4 is 5.32 Å². The Hall–Kier alpha value is -2.57. The van der Waals surface area contributed by atoms with Gasteiger partial charge in [-0.3, -0.25) is 14.5 Å². The molecule has 0 saturated heterocycles. The van der Waals surface area contributed by atoms with Crippen LogP contribution in [0, 0.1) is 17.3 Å². The molecule has 4 aliphatic rings. The standard InChI is InChI=1S/C27H38N2O5/c1-25(2,3)34-24(32)29(4)21(12-18-9-7-6-8-10-18)22(30)28-27-15-19-11-20(16-27)14-26(13-19,17-27)23(31)33-5/h6-10,19-21H,11-17H2,1-5H3,(H,28,30)/t19?,20?,21-,26?,27?/m0/s1. The van der Waals surface area contributed by atoms with Gasteiger partial charge in [-0.05, 0) is 76.7 Å². The minimum Gasteiger partial charge on any atom is -0.469 e. The lowest BCUT2D eigenvalue weighted by atomic mass is 9.47. The smallest absolute Gasteiger partial charge is 0.410 e. The van der Waals surface area contributed by atoms with Crippen LogP contribution in [0.25, 0.3) is 0 Å². The van der Waals surface area contributed by atoms with Gasteiger partial charge >= 0.3 is 12.1 Å². The van der Waals surface area contributed by atoms with Crippen LogP contribution in [0.1, 0.15) is 64.9 Å². The van der Waals surface area contributed by atoms with E-state index in [2.05, 4.69) is 5.32 Å². The van der Waals surface area contributed by atoms with Gasteiger partial charge in [0, 0.05) is 19.0 Å². The molecule has 4 saturated carbocycles. The van der Waals surface area contributed by atoms with Gasteiger partial charge in [-0.25, -0.2) is 4.79 Å². The average Bonchev–Trinajstić information content (AvgIpc) is 2.74. The molecule has 0 spiro atoms. The molecule has 1 N–H and O–H groups in total. The van der Waals surface area contributed by atoms with Gasteiger partial charge in [0.25, 0.3) is 0 Å². The maximum atomic E-state index is 13.8. The van der Waals surface area contributed by atoms with Gasteiger partial charge in [0.2, 0.25) is 5.91 Å². The van der Waals surface area contributed by atoms with Crippen LogP contribution in [-0.2, 0) is 25.5 Å². The van der Waals surface area contributed by atoms with Crippen molar-refractivity contribution < 1.29 is 23.9 Å². The summed E-state index contributed by atoms with van der Waals surface area (Å²) in [6.45, 7) is 5.44. The maximum absolute atomic E-state index is 13.8. The minimum absolute atomic E-state index is 0.146. The highest BCUT2D eigenvalue weighted by Crippen LogP contribution is 2.62. The molecule has 0 heterocycles. The number of hydrogen-bond donors (Lipinski definition) is 1. The molecule has 0 radical (unpaired) electrons. The van der Waals surface area contributed by atoms with Gasteiger partial charge in [0.05, 0.1) is 12.5 Å². The van der Waals surface area contributed by atoms with Crippen LogP contribution in [0.4, 0.5) is 4.79 Å². The summed E-state index contributed by atoms with van der Waals surface area (Å²) >= 11 is 0.